The van der Waals surface area contributed by atoms with Crippen LogP contribution in [-0.2, 0) is 16.0 Å². The Bertz CT molecular complexity index is 1200. The number of hydrogen-bond donors (Lipinski definition) is 5. The third-order valence-corrected chi connectivity index (χ3v) is 7.91. The van der Waals surface area contributed by atoms with E-state index >= 15 is 0 Å². The van der Waals surface area contributed by atoms with Gasteiger partial charge in [-0.05, 0) is 71.3 Å². The molecule has 37 heavy (non-hydrogen) atoms. The van der Waals surface area contributed by atoms with E-state index < -0.39 is 64.3 Å². The van der Waals surface area contributed by atoms with Crippen molar-refractivity contribution in [2.45, 2.75) is 56.9 Å². The lowest BCUT2D eigenvalue weighted by Crippen LogP contribution is -2.71. The van der Waals surface area contributed by atoms with Gasteiger partial charge in [0.15, 0.2) is 17.2 Å². The second-order valence-electron chi connectivity index (χ2n) is 12.0. The minimum absolute atomic E-state index is 0.0283. The van der Waals surface area contributed by atoms with Crippen LogP contribution in [0.2, 0.25) is 0 Å². The highest BCUT2D eigenvalue weighted by Gasteiger charge is 2.66. The molecule has 0 aliphatic heterocycles. The number of anilines is 1. The van der Waals surface area contributed by atoms with Gasteiger partial charge in [-0.15, -0.1) is 0 Å². The number of fused-ring (bicyclic) bond motifs is 3. The average molecular weight is 516 g/mol. The standard InChI is InChI=1S/C27H37N3O7/c1-26(2,3)28-25(36)19-22(33)20(30(6)7)14-11-12-10-13-15(29(4)5)8-9-16(31)18(13)21(32)17(12)23(34)27(14,37)24(19)35/h8-9,12,14,19-20,22,31,33-34,37H,10-11H2,1-7H3,(H,28,36)/t12-,14-,19?,20-,22?,27-/m0/s1. The monoisotopic (exact) mass is 515 g/mol. The number of aliphatic hydroxyl groups is 3. The van der Waals surface area contributed by atoms with Gasteiger partial charge in [0.1, 0.15) is 17.4 Å². The van der Waals surface area contributed by atoms with Crippen molar-refractivity contribution in [1.82, 2.24) is 10.2 Å². The van der Waals surface area contributed by atoms with E-state index in [9.17, 15) is 34.8 Å². The number of carbonyl (C=O) groups excluding carboxylic acids is 3. The number of rotatable bonds is 3. The summed E-state index contributed by atoms with van der Waals surface area (Å²) in [5, 5.41) is 47.9. The molecule has 10 heteroatoms. The summed E-state index contributed by atoms with van der Waals surface area (Å²) in [4.78, 5) is 44.1. The van der Waals surface area contributed by atoms with Crippen LogP contribution in [0, 0.1) is 17.8 Å². The summed E-state index contributed by atoms with van der Waals surface area (Å²) < 4.78 is 0. The zero-order valence-corrected chi connectivity index (χ0v) is 22.4. The van der Waals surface area contributed by atoms with Crippen molar-refractivity contribution in [2.75, 3.05) is 33.1 Å². The molecular formula is C27H37N3O7. The lowest BCUT2D eigenvalue weighted by molar-refractivity contribution is -0.179. The molecule has 5 N–H and O–H groups in total. The summed E-state index contributed by atoms with van der Waals surface area (Å²) in [5.41, 5.74) is -2.01. The second kappa shape index (κ2) is 8.82. The molecule has 0 heterocycles. The Labute approximate surface area is 216 Å². The molecule has 1 amide bonds. The normalized spacial score (nSPS) is 31.6. The lowest BCUT2D eigenvalue weighted by Gasteiger charge is -2.54. The molecular weight excluding hydrogens is 478 g/mol. The van der Waals surface area contributed by atoms with Gasteiger partial charge in [0.2, 0.25) is 5.91 Å². The van der Waals surface area contributed by atoms with Crippen molar-refractivity contribution < 1.29 is 34.8 Å². The van der Waals surface area contributed by atoms with Crippen molar-refractivity contribution in [1.29, 1.82) is 0 Å². The molecule has 3 aliphatic carbocycles. The smallest absolute Gasteiger partial charge is 0.233 e. The van der Waals surface area contributed by atoms with Crippen LogP contribution in [0.5, 0.6) is 5.75 Å². The molecule has 1 fully saturated rings. The van der Waals surface area contributed by atoms with Crippen molar-refractivity contribution in [2.24, 2.45) is 17.8 Å². The number of hydrogen-bond acceptors (Lipinski definition) is 9. The first-order valence-corrected chi connectivity index (χ1v) is 12.5. The molecule has 2 unspecified atom stereocenters. The van der Waals surface area contributed by atoms with E-state index in [1.807, 2.05) is 19.0 Å². The summed E-state index contributed by atoms with van der Waals surface area (Å²) in [7, 11) is 6.98. The van der Waals surface area contributed by atoms with Gasteiger partial charge in [0.05, 0.1) is 11.7 Å². The summed E-state index contributed by atoms with van der Waals surface area (Å²) in [6.07, 6.45) is -1.05. The molecule has 1 saturated carbocycles. The number of allylic oxidation sites excluding steroid dienone is 1. The highest BCUT2D eigenvalue weighted by molar-refractivity contribution is 6.16. The molecule has 4 rings (SSSR count). The quantitative estimate of drug-likeness (QED) is 0.368. The average Bonchev–Trinajstić information content (AvgIpc) is 2.74. The van der Waals surface area contributed by atoms with Gasteiger partial charge in [-0.3, -0.25) is 14.4 Å². The number of likely N-dealkylation sites (N-methyl/N-ethyl adjacent to an activating group) is 1. The molecule has 10 nitrogen and oxygen atoms in total. The maximum absolute atomic E-state index is 13.8. The van der Waals surface area contributed by atoms with E-state index in [1.165, 1.54) is 6.07 Å². The zero-order chi connectivity index (χ0) is 27.8. The van der Waals surface area contributed by atoms with Gasteiger partial charge in [0, 0.05) is 42.9 Å². The van der Waals surface area contributed by atoms with Crippen molar-refractivity contribution in [3.05, 3.63) is 34.6 Å². The fourth-order valence-electron chi connectivity index (χ4n) is 6.43. The summed E-state index contributed by atoms with van der Waals surface area (Å²) in [6, 6.07) is 2.25. The molecule has 202 valence electrons. The number of aliphatic hydroxyl groups excluding tert-OH is 2. The van der Waals surface area contributed by atoms with Gasteiger partial charge in [0.25, 0.3) is 0 Å². The Morgan fingerprint density at radius 3 is 2.27 bits per heavy atom. The fraction of sp³-hybridized carbons (Fsp3) is 0.593. The molecule has 1 aromatic rings. The second-order valence-corrected chi connectivity index (χ2v) is 12.0. The number of nitrogens with one attached hydrogen (secondary N) is 1. The number of nitrogens with zero attached hydrogens (tertiary/aromatic N) is 2. The molecule has 0 bridgehead atoms. The first-order chi connectivity index (χ1) is 17.0. The van der Waals surface area contributed by atoms with E-state index in [2.05, 4.69) is 5.32 Å². The Morgan fingerprint density at radius 1 is 1.11 bits per heavy atom. The van der Waals surface area contributed by atoms with Gasteiger partial charge in [-0.1, -0.05) is 0 Å². The van der Waals surface area contributed by atoms with Crippen LogP contribution >= 0.6 is 0 Å². The van der Waals surface area contributed by atoms with Crippen molar-refractivity contribution in [3.63, 3.8) is 0 Å². The van der Waals surface area contributed by atoms with E-state index in [-0.39, 0.29) is 29.7 Å². The number of carbonyl (C=O) groups is 3. The Hall–Kier alpha value is -2.95. The lowest BCUT2D eigenvalue weighted by atomic mass is 9.56. The Morgan fingerprint density at radius 2 is 1.73 bits per heavy atom. The maximum atomic E-state index is 13.8. The van der Waals surface area contributed by atoms with Gasteiger partial charge in [-0.2, -0.15) is 0 Å². The first kappa shape index (κ1) is 27.1. The highest BCUT2D eigenvalue weighted by atomic mass is 16.3. The zero-order valence-electron chi connectivity index (χ0n) is 22.4. The van der Waals surface area contributed by atoms with Crippen LogP contribution < -0.4 is 10.2 Å². The van der Waals surface area contributed by atoms with E-state index in [0.29, 0.717) is 5.56 Å². The minimum atomic E-state index is -2.55. The Balaban J connectivity index is 1.90. The predicted octanol–water partition coefficient (Wildman–Crippen LogP) is 0.781. The van der Waals surface area contributed by atoms with Crippen LogP contribution in [0.4, 0.5) is 5.69 Å². The third kappa shape index (κ3) is 4.02. The molecule has 0 spiro atoms. The van der Waals surface area contributed by atoms with Gasteiger partial charge >= 0.3 is 0 Å². The van der Waals surface area contributed by atoms with Crippen LogP contribution in [0.3, 0.4) is 0 Å². The highest BCUT2D eigenvalue weighted by Crippen LogP contribution is 2.53. The van der Waals surface area contributed by atoms with Crippen LogP contribution in [0.25, 0.3) is 0 Å². The number of amides is 1. The van der Waals surface area contributed by atoms with E-state index in [4.69, 9.17) is 0 Å². The summed E-state index contributed by atoms with van der Waals surface area (Å²) in [6.45, 7) is 5.17. The number of aromatic hydroxyl groups is 1. The molecule has 6 atom stereocenters. The number of phenolic OH excluding ortho intramolecular Hbond substituents is 1. The maximum Gasteiger partial charge on any atom is 0.233 e. The number of benzene rings is 1. The summed E-state index contributed by atoms with van der Waals surface area (Å²) in [5.74, 6) is -6.72. The Kier molecular flexibility index (Phi) is 6.46. The predicted molar refractivity (Wildman–Crippen MR) is 137 cm³/mol. The van der Waals surface area contributed by atoms with Crippen LogP contribution in [0.1, 0.15) is 43.1 Å². The molecule has 0 saturated heterocycles. The topological polar surface area (TPSA) is 151 Å². The molecule has 0 aromatic heterocycles. The number of phenols is 1. The van der Waals surface area contributed by atoms with E-state index in [1.54, 1.807) is 45.8 Å². The van der Waals surface area contributed by atoms with Crippen LogP contribution in [0.15, 0.2) is 23.5 Å². The van der Waals surface area contributed by atoms with Gasteiger partial charge in [-0.25, -0.2) is 0 Å². The fourth-order valence-corrected chi connectivity index (χ4v) is 6.43. The molecule has 3 aliphatic rings. The summed E-state index contributed by atoms with van der Waals surface area (Å²) >= 11 is 0. The number of ketones is 2. The number of Topliss-reactive ketones (excluding diaryl/α,β-unsaturated/α-hetero) is 2. The van der Waals surface area contributed by atoms with Gasteiger partial charge < -0.3 is 35.5 Å². The minimum Gasteiger partial charge on any atom is -0.508 e. The van der Waals surface area contributed by atoms with E-state index in [0.717, 1.165) is 5.69 Å². The van der Waals surface area contributed by atoms with Crippen molar-refractivity contribution in [3.8, 4) is 5.75 Å². The van der Waals surface area contributed by atoms with Crippen LogP contribution in [-0.4, -0.2) is 94.3 Å². The molecule has 1 aromatic carbocycles. The first-order valence-electron chi connectivity index (χ1n) is 12.5. The largest absolute Gasteiger partial charge is 0.508 e. The molecule has 0 radical (unpaired) electrons. The third-order valence-electron chi connectivity index (χ3n) is 7.91. The SMILES string of the molecule is CN(C)c1ccc(O)c2c1C[C@H]1C[C@H]3[C@H](N(C)C)C(O)C(C(=O)NC(C)(C)C)C(=O)[C@@]3(O)C(O)=C1C2=O. The van der Waals surface area contributed by atoms with Crippen molar-refractivity contribution >= 4 is 23.2 Å².